The lowest BCUT2D eigenvalue weighted by atomic mass is 9.87. The predicted molar refractivity (Wildman–Crippen MR) is 64.7 cm³/mol. The summed E-state index contributed by atoms with van der Waals surface area (Å²) in [7, 11) is 0. The molecule has 0 radical (unpaired) electrons. The maximum Gasteiger partial charge on any atom is 0.0433 e. The topological polar surface area (TPSA) is 20.2 Å². The van der Waals surface area contributed by atoms with E-state index < -0.39 is 0 Å². The molecule has 15 heavy (non-hydrogen) atoms. The Labute approximate surface area is 93.1 Å². The second-order valence-electron chi connectivity index (χ2n) is 4.17. The van der Waals surface area contributed by atoms with Crippen LogP contribution >= 0.6 is 0 Å². The lowest BCUT2D eigenvalue weighted by Crippen LogP contribution is -2.07. The molecule has 0 atom stereocenters. The van der Waals surface area contributed by atoms with E-state index in [0.717, 1.165) is 12.3 Å². The third-order valence-electron chi connectivity index (χ3n) is 2.93. The van der Waals surface area contributed by atoms with Crippen LogP contribution in [0.3, 0.4) is 0 Å². The number of benzene rings is 1. The van der Waals surface area contributed by atoms with Crippen molar-refractivity contribution in [3.8, 4) is 0 Å². The summed E-state index contributed by atoms with van der Waals surface area (Å²) in [6, 6.07) is 12.0. The zero-order valence-electron chi connectivity index (χ0n) is 9.44. The number of hydrogen-bond acceptors (Lipinski definition) is 1. The maximum absolute atomic E-state index is 8.62. The van der Waals surface area contributed by atoms with Gasteiger partial charge in [0, 0.05) is 6.61 Å². The zero-order valence-corrected chi connectivity index (χ0v) is 9.44. The molecule has 0 unspecified atom stereocenters. The quantitative estimate of drug-likeness (QED) is 0.783. The van der Waals surface area contributed by atoms with Crippen molar-refractivity contribution >= 4 is 0 Å². The Balaban J connectivity index is 0.000000162. The van der Waals surface area contributed by atoms with Crippen LogP contribution < -0.4 is 0 Å². The van der Waals surface area contributed by atoms with Crippen LogP contribution in [0.15, 0.2) is 36.4 Å². The van der Waals surface area contributed by atoms with Crippen LogP contribution in [0, 0.1) is 5.92 Å². The predicted octanol–water partition coefficient (Wildman–Crippen LogP) is 3.64. The molecule has 2 rings (SSSR count). The fourth-order valence-corrected chi connectivity index (χ4v) is 2.04. The first-order chi connectivity index (χ1) is 7.43. The van der Waals surface area contributed by atoms with Crippen molar-refractivity contribution < 1.29 is 5.11 Å². The molecule has 1 saturated carbocycles. The summed E-state index contributed by atoms with van der Waals surface area (Å²) in [5, 5.41) is 8.62. The molecule has 0 bridgehead atoms. The van der Waals surface area contributed by atoms with Crippen molar-refractivity contribution in [1.29, 1.82) is 0 Å². The van der Waals surface area contributed by atoms with Crippen LogP contribution in [0.5, 0.6) is 0 Å². The Morgan fingerprint density at radius 1 is 0.800 bits per heavy atom. The molecule has 1 aliphatic rings. The van der Waals surface area contributed by atoms with Crippen LogP contribution in [0.25, 0.3) is 0 Å². The third kappa shape index (κ3) is 6.29. The van der Waals surface area contributed by atoms with Crippen LogP contribution in [0.1, 0.15) is 38.5 Å². The summed E-state index contributed by atoms with van der Waals surface area (Å²) in [6.45, 7) is 0.394. The van der Waals surface area contributed by atoms with Gasteiger partial charge in [-0.15, -0.1) is 0 Å². The minimum Gasteiger partial charge on any atom is -0.396 e. The monoisotopic (exact) mass is 206 g/mol. The maximum atomic E-state index is 8.62. The Morgan fingerprint density at radius 3 is 1.67 bits per heavy atom. The molecule has 0 saturated heterocycles. The molecule has 0 heterocycles. The van der Waals surface area contributed by atoms with Crippen molar-refractivity contribution in [1.82, 2.24) is 0 Å². The molecular weight excluding hydrogens is 184 g/mol. The van der Waals surface area contributed by atoms with Gasteiger partial charge >= 0.3 is 0 Å². The standard InChI is InChI=1S/C8H16O.C6H6/c9-7-6-8-4-2-1-3-5-8;1-2-4-6-5-3-1/h8-9H,1-7H2;1-6H. The molecule has 84 valence electrons. The van der Waals surface area contributed by atoms with E-state index in [2.05, 4.69) is 0 Å². The van der Waals surface area contributed by atoms with Crippen molar-refractivity contribution in [2.24, 2.45) is 5.92 Å². The highest BCUT2D eigenvalue weighted by atomic mass is 16.3. The van der Waals surface area contributed by atoms with E-state index >= 15 is 0 Å². The molecule has 0 aliphatic heterocycles. The van der Waals surface area contributed by atoms with Crippen molar-refractivity contribution in [3.05, 3.63) is 36.4 Å². The Hall–Kier alpha value is -0.820. The van der Waals surface area contributed by atoms with Crippen LogP contribution in [-0.4, -0.2) is 11.7 Å². The second-order valence-corrected chi connectivity index (χ2v) is 4.17. The van der Waals surface area contributed by atoms with Gasteiger partial charge in [-0.05, 0) is 12.3 Å². The average molecular weight is 206 g/mol. The van der Waals surface area contributed by atoms with Crippen LogP contribution in [0.2, 0.25) is 0 Å². The van der Waals surface area contributed by atoms with Crippen LogP contribution in [0.4, 0.5) is 0 Å². The fraction of sp³-hybridized carbons (Fsp3) is 0.571. The number of rotatable bonds is 2. The molecule has 1 N–H and O–H groups in total. The summed E-state index contributed by atoms with van der Waals surface area (Å²) in [6.07, 6.45) is 7.97. The first-order valence-electron chi connectivity index (χ1n) is 6.04. The van der Waals surface area contributed by atoms with Gasteiger partial charge in [-0.2, -0.15) is 0 Å². The van der Waals surface area contributed by atoms with E-state index in [4.69, 9.17) is 5.11 Å². The largest absolute Gasteiger partial charge is 0.396 e. The van der Waals surface area contributed by atoms with Gasteiger partial charge in [0.05, 0.1) is 0 Å². The molecule has 1 fully saturated rings. The highest BCUT2D eigenvalue weighted by Gasteiger charge is 2.11. The number of hydrogen-bond donors (Lipinski definition) is 1. The second kappa shape index (κ2) is 8.49. The fourth-order valence-electron chi connectivity index (χ4n) is 2.04. The Morgan fingerprint density at radius 2 is 1.27 bits per heavy atom. The molecule has 0 spiro atoms. The van der Waals surface area contributed by atoms with Crippen molar-refractivity contribution in [3.63, 3.8) is 0 Å². The van der Waals surface area contributed by atoms with Gasteiger partial charge in [-0.3, -0.25) is 0 Å². The third-order valence-corrected chi connectivity index (χ3v) is 2.93. The lowest BCUT2D eigenvalue weighted by Gasteiger charge is -2.19. The molecule has 1 aromatic carbocycles. The van der Waals surface area contributed by atoms with Gasteiger partial charge in [0.15, 0.2) is 0 Å². The van der Waals surface area contributed by atoms with Gasteiger partial charge in [-0.25, -0.2) is 0 Å². The van der Waals surface area contributed by atoms with Gasteiger partial charge in [0.1, 0.15) is 0 Å². The van der Waals surface area contributed by atoms with E-state index in [1.54, 1.807) is 0 Å². The number of aliphatic hydroxyl groups is 1. The molecule has 1 heteroatoms. The summed E-state index contributed by atoms with van der Waals surface area (Å²) < 4.78 is 0. The van der Waals surface area contributed by atoms with Crippen molar-refractivity contribution in [2.45, 2.75) is 38.5 Å². The normalized spacial score (nSPS) is 16.6. The minimum atomic E-state index is 0.394. The van der Waals surface area contributed by atoms with E-state index in [-0.39, 0.29) is 0 Å². The summed E-state index contributed by atoms with van der Waals surface area (Å²) in [4.78, 5) is 0. The average Bonchev–Trinajstić information content (AvgIpc) is 2.34. The Kier molecular flexibility index (Phi) is 6.93. The van der Waals surface area contributed by atoms with Crippen molar-refractivity contribution in [2.75, 3.05) is 6.61 Å². The zero-order chi connectivity index (χ0) is 10.8. The highest BCUT2D eigenvalue weighted by Crippen LogP contribution is 2.25. The first-order valence-corrected chi connectivity index (χ1v) is 6.04. The minimum absolute atomic E-state index is 0.394. The molecule has 1 nitrogen and oxygen atoms in total. The van der Waals surface area contributed by atoms with E-state index in [0.29, 0.717) is 6.61 Å². The molecular formula is C14H22O. The molecule has 1 aliphatic carbocycles. The van der Waals surface area contributed by atoms with E-state index in [1.165, 1.54) is 32.1 Å². The van der Waals surface area contributed by atoms with Gasteiger partial charge in [-0.1, -0.05) is 68.5 Å². The van der Waals surface area contributed by atoms with Gasteiger partial charge in [0.2, 0.25) is 0 Å². The van der Waals surface area contributed by atoms with Crippen LogP contribution in [-0.2, 0) is 0 Å². The first kappa shape index (κ1) is 12.3. The smallest absolute Gasteiger partial charge is 0.0433 e. The molecule has 0 amide bonds. The summed E-state index contributed by atoms with van der Waals surface area (Å²) in [5.74, 6) is 0.851. The highest BCUT2D eigenvalue weighted by molar-refractivity contribution is 4.99. The molecule has 1 aromatic rings. The number of aliphatic hydroxyl groups excluding tert-OH is 1. The van der Waals surface area contributed by atoms with E-state index in [9.17, 15) is 0 Å². The Bertz CT molecular complexity index is 185. The SMILES string of the molecule is OCCC1CCCCC1.c1ccccc1. The van der Waals surface area contributed by atoms with Gasteiger partial charge in [0.25, 0.3) is 0 Å². The molecule has 0 aromatic heterocycles. The summed E-state index contributed by atoms with van der Waals surface area (Å²) >= 11 is 0. The summed E-state index contributed by atoms with van der Waals surface area (Å²) in [5.41, 5.74) is 0. The lowest BCUT2D eigenvalue weighted by molar-refractivity contribution is 0.230. The van der Waals surface area contributed by atoms with E-state index in [1.807, 2.05) is 36.4 Å². The van der Waals surface area contributed by atoms with Gasteiger partial charge < -0.3 is 5.11 Å².